The molecule has 30 heavy (non-hydrogen) atoms. The second kappa shape index (κ2) is 8.90. The van der Waals surface area contributed by atoms with E-state index in [0.717, 1.165) is 18.4 Å². The van der Waals surface area contributed by atoms with Crippen molar-refractivity contribution in [3.8, 4) is 11.3 Å². The van der Waals surface area contributed by atoms with Crippen LogP contribution in [0, 0.1) is 5.82 Å². The average molecular weight is 407 g/mol. The molecule has 154 valence electrons. The van der Waals surface area contributed by atoms with Crippen LogP contribution in [0.2, 0.25) is 0 Å². The number of halogens is 1. The highest BCUT2D eigenvalue weighted by Crippen LogP contribution is 2.23. The van der Waals surface area contributed by atoms with Crippen LogP contribution in [0.3, 0.4) is 0 Å². The first kappa shape index (κ1) is 19.8. The standard InChI is InChI=1S/C23H22FN3O3/c24-19-4-2-1-3-18(19)20-14-26-22(30-20)12-11-21(28)25-13-15-5-7-16(8-6-15)23(29)27-17-9-10-17/h1-8,14,17H,9-13H2,(H,25,28)(H,27,29). The van der Waals surface area contributed by atoms with Crippen molar-refractivity contribution < 1.29 is 18.4 Å². The third-order valence-electron chi connectivity index (χ3n) is 4.88. The summed E-state index contributed by atoms with van der Waals surface area (Å²) in [6.07, 6.45) is 4.09. The van der Waals surface area contributed by atoms with E-state index in [9.17, 15) is 14.0 Å². The third-order valence-corrected chi connectivity index (χ3v) is 4.88. The van der Waals surface area contributed by atoms with E-state index >= 15 is 0 Å². The summed E-state index contributed by atoms with van der Waals surface area (Å²) in [5.74, 6) is 0.141. The number of hydrogen-bond acceptors (Lipinski definition) is 4. The molecule has 1 aromatic heterocycles. The Labute approximate surface area is 173 Å². The van der Waals surface area contributed by atoms with Crippen LogP contribution in [0.5, 0.6) is 0 Å². The Morgan fingerprint density at radius 3 is 2.60 bits per heavy atom. The Bertz CT molecular complexity index is 1040. The minimum atomic E-state index is -0.381. The summed E-state index contributed by atoms with van der Waals surface area (Å²) in [6, 6.07) is 13.8. The second-order valence-electron chi connectivity index (χ2n) is 7.32. The predicted molar refractivity (Wildman–Crippen MR) is 109 cm³/mol. The Hall–Kier alpha value is -3.48. The number of carbonyl (C=O) groups is 2. The molecule has 1 saturated carbocycles. The van der Waals surface area contributed by atoms with Crippen LogP contribution in [0.1, 0.15) is 41.1 Å². The van der Waals surface area contributed by atoms with E-state index in [4.69, 9.17) is 4.42 Å². The molecule has 6 nitrogen and oxygen atoms in total. The molecular formula is C23H22FN3O3. The number of nitrogens with one attached hydrogen (secondary N) is 2. The lowest BCUT2D eigenvalue weighted by Crippen LogP contribution is -2.25. The second-order valence-corrected chi connectivity index (χ2v) is 7.32. The van der Waals surface area contributed by atoms with Crippen molar-refractivity contribution in [3.63, 3.8) is 0 Å². The zero-order valence-electron chi connectivity index (χ0n) is 16.4. The van der Waals surface area contributed by atoms with E-state index in [1.807, 2.05) is 12.1 Å². The van der Waals surface area contributed by atoms with Crippen LogP contribution in [-0.2, 0) is 17.8 Å². The maximum atomic E-state index is 13.8. The number of amides is 2. The van der Waals surface area contributed by atoms with Gasteiger partial charge in [-0.15, -0.1) is 0 Å². The van der Waals surface area contributed by atoms with Crippen molar-refractivity contribution in [2.45, 2.75) is 38.3 Å². The minimum Gasteiger partial charge on any atom is -0.441 e. The van der Waals surface area contributed by atoms with Gasteiger partial charge >= 0.3 is 0 Å². The van der Waals surface area contributed by atoms with E-state index in [2.05, 4.69) is 15.6 Å². The highest BCUT2D eigenvalue weighted by molar-refractivity contribution is 5.94. The van der Waals surface area contributed by atoms with Gasteiger partial charge in [0.25, 0.3) is 5.91 Å². The van der Waals surface area contributed by atoms with E-state index < -0.39 is 0 Å². The van der Waals surface area contributed by atoms with Crippen LogP contribution in [-0.4, -0.2) is 22.8 Å². The van der Waals surface area contributed by atoms with Gasteiger partial charge in [0.15, 0.2) is 11.7 Å². The average Bonchev–Trinajstić information content (AvgIpc) is 3.45. The predicted octanol–water partition coefficient (Wildman–Crippen LogP) is 3.62. The molecule has 1 aliphatic rings. The van der Waals surface area contributed by atoms with Gasteiger partial charge in [-0.2, -0.15) is 0 Å². The SMILES string of the molecule is O=C(CCc1ncc(-c2ccccc2F)o1)NCc1ccc(C(=O)NC2CC2)cc1. The smallest absolute Gasteiger partial charge is 0.251 e. The monoisotopic (exact) mass is 407 g/mol. The lowest BCUT2D eigenvalue weighted by Gasteiger charge is -2.07. The largest absolute Gasteiger partial charge is 0.441 e. The number of rotatable bonds is 8. The van der Waals surface area contributed by atoms with Crippen LogP contribution in [0.25, 0.3) is 11.3 Å². The summed E-state index contributed by atoms with van der Waals surface area (Å²) in [5, 5.41) is 5.78. The van der Waals surface area contributed by atoms with Gasteiger partial charge in [-0.1, -0.05) is 24.3 Å². The molecule has 0 aliphatic heterocycles. The number of oxazole rings is 1. The Balaban J connectivity index is 1.23. The van der Waals surface area contributed by atoms with E-state index in [-0.39, 0.29) is 24.1 Å². The van der Waals surface area contributed by atoms with E-state index in [1.54, 1.807) is 30.3 Å². The summed E-state index contributed by atoms with van der Waals surface area (Å²) in [7, 11) is 0. The molecule has 0 spiro atoms. The molecule has 7 heteroatoms. The summed E-state index contributed by atoms with van der Waals surface area (Å²) in [4.78, 5) is 28.2. The highest BCUT2D eigenvalue weighted by Gasteiger charge is 2.23. The van der Waals surface area contributed by atoms with Crippen molar-refractivity contribution in [1.82, 2.24) is 15.6 Å². The molecule has 1 aliphatic carbocycles. The zero-order chi connectivity index (χ0) is 20.9. The third kappa shape index (κ3) is 5.11. The summed E-state index contributed by atoms with van der Waals surface area (Å²) < 4.78 is 19.4. The molecule has 0 bridgehead atoms. The van der Waals surface area contributed by atoms with Crippen LogP contribution < -0.4 is 10.6 Å². The van der Waals surface area contributed by atoms with E-state index in [1.165, 1.54) is 12.3 Å². The fourth-order valence-electron chi connectivity index (χ4n) is 2.99. The normalized spacial score (nSPS) is 13.1. The molecule has 0 radical (unpaired) electrons. The minimum absolute atomic E-state index is 0.0613. The van der Waals surface area contributed by atoms with E-state index in [0.29, 0.717) is 41.8 Å². The van der Waals surface area contributed by atoms with Gasteiger partial charge in [0.05, 0.1) is 11.8 Å². The molecule has 0 atom stereocenters. The summed E-state index contributed by atoms with van der Waals surface area (Å²) in [6.45, 7) is 0.370. The molecule has 3 aromatic rings. The van der Waals surface area contributed by atoms with Crippen molar-refractivity contribution >= 4 is 11.8 Å². The maximum Gasteiger partial charge on any atom is 0.251 e. The van der Waals surface area contributed by atoms with Crippen molar-refractivity contribution in [2.24, 2.45) is 0 Å². The molecule has 0 unspecified atom stereocenters. The number of nitrogens with zero attached hydrogens (tertiary/aromatic N) is 1. The lowest BCUT2D eigenvalue weighted by molar-refractivity contribution is -0.121. The van der Waals surface area contributed by atoms with Gasteiger partial charge in [-0.3, -0.25) is 9.59 Å². The number of aromatic nitrogens is 1. The molecule has 4 rings (SSSR count). The number of aryl methyl sites for hydroxylation is 1. The Morgan fingerprint density at radius 2 is 1.87 bits per heavy atom. The Morgan fingerprint density at radius 1 is 1.10 bits per heavy atom. The first-order valence-corrected chi connectivity index (χ1v) is 9.94. The van der Waals surface area contributed by atoms with Crippen LogP contribution >= 0.6 is 0 Å². The van der Waals surface area contributed by atoms with Crippen molar-refractivity contribution in [2.75, 3.05) is 0 Å². The fraction of sp³-hybridized carbons (Fsp3) is 0.261. The number of hydrogen-bond donors (Lipinski definition) is 2. The highest BCUT2D eigenvalue weighted by atomic mass is 19.1. The quantitative estimate of drug-likeness (QED) is 0.597. The molecular weight excluding hydrogens is 385 g/mol. The number of benzene rings is 2. The van der Waals surface area contributed by atoms with Gasteiger partial charge in [0.2, 0.25) is 5.91 Å². The van der Waals surface area contributed by atoms with Crippen LogP contribution in [0.15, 0.2) is 59.1 Å². The Kier molecular flexibility index (Phi) is 5.88. The first-order valence-electron chi connectivity index (χ1n) is 9.94. The molecule has 0 saturated heterocycles. The van der Waals surface area contributed by atoms with Gasteiger partial charge in [-0.05, 0) is 42.7 Å². The number of carbonyl (C=O) groups excluding carboxylic acids is 2. The van der Waals surface area contributed by atoms with Crippen molar-refractivity contribution in [1.29, 1.82) is 0 Å². The zero-order valence-corrected chi connectivity index (χ0v) is 16.4. The summed E-state index contributed by atoms with van der Waals surface area (Å²) in [5.41, 5.74) is 1.87. The fourth-order valence-corrected chi connectivity index (χ4v) is 2.99. The maximum absolute atomic E-state index is 13.8. The van der Waals surface area contributed by atoms with Gasteiger partial charge in [0, 0.05) is 31.0 Å². The van der Waals surface area contributed by atoms with Gasteiger partial charge < -0.3 is 15.1 Å². The molecule has 1 fully saturated rings. The van der Waals surface area contributed by atoms with Gasteiger partial charge in [0.1, 0.15) is 5.82 Å². The topological polar surface area (TPSA) is 84.2 Å². The molecule has 2 N–H and O–H groups in total. The molecule has 2 amide bonds. The molecule has 2 aromatic carbocycles. The van der Waals surface area contributed by atoms with Gasteiger partial charge in [-0.25, -0.2) is 9.37 Å². The molecule has 1 heterocycles. The van der Waals surface area contributed by atoms with Crippen LogP contribution in [0.4, 0.5) is 4.39 Å². The lowest BCUT2D eigenvalue weighted by atomic mass is 10.1. The summed E-state index contributed by atoms with van der Waals surface area (Å²) >= 11 is 0. The first-order chi connectivity index (χ1) is 14.6. The van der Waals surface area contributed by atoms with Crippen molar-refractivity contribution in [3.05, 3.63) is 77.6 Å².